The number of hydrogen-bond donors (Lipinski definition) is 3. The molecule has 3 aliphatic rings. The van der Waals surface area contributed by atoms with Crippen molar-refractivity contribution in [1.82, 2.24) is 14.7 Å². The van der Waals surface area contributed by atoms with Crippen molar-refractivity contribution < 1.29 is 58.1 Å². The average Bonchev–Trinajstić information content (AvgIpc) is 4.24. The lowest BCUT2D eigenvalue weighted by atomic mass is 10.2. The second-order valence-electron chi connectivity index (χ2n) is 17.7. The van der Waals surface area contributed by atoms with Gasteiger partial charge in [-0.05, 0) is 108 Å². The Hall–Kier alpha value is -6.72. The smallest absolute Gasteiger partial charge is 0.260 e. The van der Waals surface area contributed by atoms with Crippen LogP contribution in [-0.4, -0.2) is 125 Å². The van der Waals surface area contributed by atoms with Gasteiger partial charge in [0.2, 0.25) is 0 Å². The van der Waals surface area contributed by atoms with Crippen LogP contribution in [0.4, 0.5) is 0 Å². The van der Waals surface area contributed by atoms with Crippen LogP contribution in [0.2, 0.25) is 15.1 Å². The first kappa shape index (κ1) is 56.0. The predicted octanol–water partition coefficient (Wildman–Crippen LogP) is 8.67. The Balaban J connectivity index is 0.000000164. The highest BCUT2D eigenvalue weighted by atomic mass is 35.5. The largest absolute Gasteiger partial charge is 0.489 e. The molecule has 9 rings (SSSR count). The zero-order chi connectivity index (χ0) is 52.9. The SMILES string of the molecule is O=C(COc1ccc(CO)cc1)N1CCC(Oc2ccc(Cl)cc2)C1.O=C(COc1ccc(CO)cc1)N1CCC(Oc2cccc(Cl)c2)C1.O=C(COc1ccc(CO)cc1)N1CCC(Oc2ccccc2Cl)C1. The molecule has 3 fully saturated rings. The molecule has 75 heavy (non-hydrogen) atoms. The highest BCUT2D eigenvalue weighted by molar-refractivity contribution is 6.32. The summed E-state index contributed by atoms with van der Waals surface area (Å²) in [6.07, 6.45) is 2.22. The number of nitrogens with zero attached hydrogens (tertiary/aromatic N) is 3. The van der Waals surface area contributed by atoms with Gasteiger partial charge in [-0.3, -0.25) is 14.4 Å². The Morgan fingerprint density at radius 2 is 0.813 bits per heavy atom. The van der Waals surface area contributed by atoms with Gasteiger partial charge in [0.15, 0.2) is 19.8 Å². The number of rotatable bonds is 18. The van der Waals surface area contributed by atoms with E-state index in [-0.39, 0.29) is 75.7 Å². The summed E-state index contributed by atoms with van der Waals surface area (Å²) in [4.78, 5) is 42.1. The Morgan fingerprint density at radius 3 is 1.21 bits per heavy atom. The molecular weight excluding hydrogens is 1020 g/mol. The van der Waals surface area contributed by atoms with Gasteiger partial charge in [0.1, 0.15) is 52.8 Å². The minimum Gasteiger partial charge on any atom is -0.489 e. The van der Waals surface area contributed by atoms with Crippen LogP contribution in [0.15, 0.2) is 146 Å². The van der Waals surface area contributed by atoms with Gasteiger partial charge >= 0.3 is 0 Å². The van der Waals surface area contributed by atoms with E-state index in [2.05, 4.69) is 0 Å². The fraction of sp³-hybridized carbons (Fsp3) is 0.316. The fourth-order valence-electron chi connectivity index (χ4n) is 8.09. The van der Waals surface area contributed by atoms with Crippen molar-refractivity contribution in [3.05, 3.63) is 177 Å². The van der Waals surface area contributed by atoms with Crippen molar-refractivity contribution in [2.24, 2.45) is 0 Å². The van der Waals surface area contributed by atoms with Crippen LogP contribution in [0.3, 0.4) is 0 Å². The predicted molar refractivity (Wildman–Crippen MR) is 285 cm³/mol. The fourth-order valence-corrected chi connectivity index (χ4v) is 8.58. The van der Waals surface area contributed by atoms with Crippen LogP contribution < -0.4 is 28.4 Å². The zero-order valence-corrected chi connectivity index (χ0v) is 43.5. The molecule has 3 atom stereocenters. The van der Waals surface area contributed by atoms with E-state index < -0.39 is 0 Å². The summed E-state index contributed by atoms with van der Waals surface area (Å²) in [7, 11) is 0. The molecule has 0 spiro atoms. The van der Waals surface area contributed by atoms with Crippen molar-refractivity contribution in [3.8, 4) is 34.5 Å². The molecular formula is C57H60Cl3N3O12. The van der Waals surface area contributed by atoms with Crippen molar-refractivity contribution in [2.75, 3.05) is 59.1 Å². The van der Waals surface area contributed by atoms with E-state index in [9.17, 15) is 14.4 Å². The zero-order valence-electron chi connectivity index (χ0n) is 41.2. The molecule has 3 amide bonds. The standard InChI is InChI=1S/3C19H20ClNO4/c20-15-3-7-17(8-4-15)25-18-9-10-21(11-18)19(23)13-24-16-5-1-14(12-22)2-6-16;20-15-2-1-3-17(10-15)25-18-8-9-21(11-18)19(23)13-24-16-6-4-14(12-22)5-7-16;20-17-3-1-2-4-18(17)25-16-9-10-21(11-16)19(23)13-24-15-7-5-14(12-22)6-8-15/h1-8,18,22H,9-13H2;1-7,10,18,22H,8-9,11-13H2;1-8,16,22H,9-13H2. The van der Waals surface area contributed by atoms with Crippen molar-refractivity contribution >= 4 is 52.5 Å². The van der Waals surface area contributed by atoms with Crippen LogP contribution in [0.1, 0.15) is 36.0 Å². The van der Waals surface area contributed by atoms with Crippen LogP contribution >= 0.6 is 34.8 Å². The molecule has 18 heteroatoms. The highest BCUT2D eigenvalue weighted by Crippen LogP contribution is 2.28. The molecule has 0 aliphatic carbocycles. The van der Waals surface area contributed by atoms with E-state index >= 15 is 0 Å². The summed E-state index contributed by atoms with van der Waals surface area (Å²) in [6.45, 7) is 3.49. The molecule has 3 aliphatic heterocycles. The third-order valence-corrected chi connectivity index (χ3v) is 13.0. The van der Waals surface area contributed by atoms with Crippen molar-refractivity contribution in [1.29, 1.82) is 0 Å². The van der Waals surface area contributed by atoms with Gasteiger partial charge in [-0.1, -0.05) is 89.4 Å². The lowest BCUT2D eigenvalue weighted by molar-refractivity contribution is -0.133. The molecule has 0 bridgehead atoms. The molecule has 0 radical (unpaired) electrons. The number of carbonyl (C=O) groups is 3. The number of para-hydroxylation sites is 1. The Kier molecular flexibility index (Phi) is 21.5. The highest BCUT2D eigenvalue weighted by Gasteiger charge is 2.30. The normalized spacial score (nSPS) is 16.7. The number of carbonyl (C=O) groups excluding carboxylic acids is 3. The van der Waals surface area contributed by atoms with Crippen LogP contribution in [0, 0.1) is 0 Å². The number of ether oxygens (including phenoxy) is 6. The molecule has 3 heterocycles. The third kappa shape index (κ3) is 18.0. The summed E-state index contributed by atoms with van der Waals surface area (Å²) in [5, 5.41) is 28.9. The minimum atomic E-state index is -0.0727. The van der Waals surface area contributed by atoms with Gasteiger partial charge < -0.3 is 58.4 Å². The quantitative estimate of drug-likeness (QED) is 0.0748. The lowest BCUT2D eigenvalue weighted by Crippen LogP contribution is -2.34. The Labute approximate surface area is 451 Å². The second-order valence-corrected chi connectivity index (χ2v) is 19.0. The van der Waals surface area contributed by atoms with Gasteiger partial charge in [-0.15, -0.1) is 0 Å². The molecule has 15 nitrogen and oxygen atoms in total. The summed E-state index contributed by atoms with van der Waals surface area (Å²) < 4.78 is 34.2. The van der Waals surface area contributed by atoms with E-state index in [1.165, 1.54) is 0 Å². The van der Waals surface area contributed by atoms with Gasteiger partial charge in [0, 0.05) is 48.9 Å². The third-order valence-electron chi connectivity index (χ3n) is 12.2. The number of halogens is 3. The second kappa shape index (κ2) is 28.8. The minimum absolute atomic E-state index is 0.00780. The summed E-state index contributed by atoms with van der Waals surface area (Å²) in [5.74, 6) is 3.73. The van der Waals surface area contributed by atoms with E-state index in [1.54, 1.807) is 118 Å². The van der Waals surface area contributed by atoms with E-state index in [0.29, 0.717) is 83.1 Å². The Bertz CT molecular complexity index is 2740. The van der Waals surface area contributed by atoms with Crippen molar-refractivity contribution in [2.45, 2.75) is 57.4 Å². The summed E-state index contributed by atoms with van der Waals surface area (Å²) >= 11 is 17.9. The van der Waals surface area contributed by atoms with Crippen molar-refractivity contribution in [3.63, 3.8) is 0 Å². The number of benzene rings is 6. The van der Waals surface area contributed by atoms with Crippen LogP contribution in [0.5, 0.6) is 34.5 Å². The molecule has 6 aromatic rings. The molecule has 3 N–H and O–H groups in total. The molecule has 6 aromatic carbocycles. The van der Waals surface area contributed by atoms with Crippen LogP contribution in [0.25, 0.3) is 0 Å². The maximum Gasteiger partial charge on any atom is 0.260 e. The maximum atomic E-state index is 12.3. The average molecular weight is 1090 g/mol. The van der Waals surface area contributed by atoms with E-state index in [4.69, 9.17) is 78.5 Å². The maximum absolute atomic E-state index is 12.3. The number of amides is 3. The first-order valence-electron chi connectivity index (χ1n) is 24.5. The molecule has 0 saturated carbocycles. The Morgan fingerprint density at radius 1 is 0.427 bits per heavy atom. The van der Waals surface area contributed by atoms with Gasteiger partial charge in [0.25, 0.3) is 17.7 Å². The summed E-state index contributed by atoms with van der Waals surface area (Å²) in [5.41, 5.74) is 2.41. The van der Waals surface area contributed by atoms with E-state index in [0.717, 1.165) is 41.7 Å². The molecule has 3 unspecified atom stereocenters. The summed E-state index contributed by atoms with van der Waals surface area (Å²) in [6, 6.07) is 42.9. The number of aliphatic hydroxyl groups excluding tert-OH is 3. The topological polar surface area (TPSA) is 177 Å². The monoisotopic (exact) mass is 1080 g/mol. The number of aliphatic hydroxyl groups is 3. The lowest BCUT2D eigenvalue weighted by Gasteiger charge is -2.18. The van der Waals surface area contributed by atoms with E-state index in [1.807, 2.05) is 42.5 Å². The first-order chi connectivity index (χ1) is 36.4. The van der Waals surface area contributed by atoms with Gasteiger partial charge in [-0.2, -0.15) is 0 Å². The molecule has 396 valence electrons. The van der Waals surface area contributed by atoms with Gasteiger partial charge in [0.05, 0.1) is 44.5 Å². The molecule has 0 aromatic heterocycles. The molecule has 3 saturated heterocycles. The number of hydrogen-bond acceptors (Lipinski definition) is 12. The first-order valence-corrected chi connectivity index (χ1v) is 25.6. The van der Waals surface area contributed by atoms with Crippen LogP contribution in [-0.2, 0) is 34.2 Å². The van der Waals surface area contributed by atoms with Gasteiger partial charge in [-0.25, -0.2) is 0 Å². The number of likely N-dealkylation sites (tertiary alicyclic amines) is 3.